The van der Waals surface area contributed by atoms with Gasteiger partial charge in [-0.25, -0.2) is 4.98 Å². The minimum absolute atomic E-state index is 0.0269. The topological polar surface area (TPSA) is 64.9 Å². The third-order valence-corrected chi connectivity index (χ3v) is 2.53. The molecule has 0 amide bonds. The molecule has 0 aliphatic carbocycles. The Kier molecular flexibility index (Phi) is 5.07. The van der Waals surface area contributed by atoms with Gasteiger partial charge in [-0.15, -0.1) is 0 Å². The summed E-state index contributed by atoms with van der Waals surface area (Å²) >= 11 is 3.33. The number of halogens is 1. The highest BCUT2D eigenvalue weighted by Gasteiger charge is 2.06. The van der Waals surface area contributed by atoms with Crippen LogP contribution < -0.4 is 11.5 Å². The average molecular weight is 258 g/mol. The molecule has 0 spiro atoms. The summed E-state index contributed by atoms with van der Waals surface area (Å²) in [7, 11) is 0. The van der Waals surface area contributed by atoms with E-state index in [-0.39, 0.29) is 6.04 Å². The van der Waals surface area contributed by atoms with Crippen molar-refractivity contribution in [2.75, 3.05) is 6.54 Å². The van der Waals surface area contributed by atoms with E-state index in [1.54, 1.807) is 0 Å². The van der Waals surface area contributed by atoms with Crippen molar-refractivity contribution in [3.05, 3.63) is 28.5 Å². The van der Waals surface area contributed by atoms with Crippen molar-refractivity contribution in [1.82, 2.24) is 4.98 Å². The van der Waals surface area contributed by atoms with Gasteiger partial charge >= 0.3 is 0 Å². The molecule has 78 valence electrons. The van der Waals surface area contributed by atoms with Crippen molar-refractivity contribution in [3.63, 3.8) is 0 Å². The lowest BCUT2D eigenvalue weighted by Crippen LogP contribution is -2.12. The average Bonchev–Trinajstić information content (AvgIpc) is 2.18. The van der Waals surface area contributed by atoms with E-state index in [4.69, 9.17) is 11.5 Å². The summed E-state index contributed by atoms with van der Waals surface area (Å²) in [5.41, 5.74) is 12.3. The Balaban J connectivity index is 2.47. The van der Waals surface area contributed by atoms with E-state index >= 15 is 0 Å². The molecule has 1 heterocycles. The molecule has 0 aromatic carbocycles. The zero-order valence-corrected chi connectivity index (χ0v) is 9.70. The normalized spacial score (nSPS) is 12.8. The van der Waals surface area contributed by atoms with E-state index in [2.05, 4.69) is 20.9 Å². The molecular formula is C10H16BrN3. The second kappa shape index (κ2) is 6.11. The lowest BCUT2D eigenvalue weighted by atomic mass is 10.1. The van der Waals surface area contributed by atoms with Gasteiger partial charge in [-0.1, -0.05) is 12.5 Å². The molecular weight excluding hydrogens is 242 g/mol. The van der Waals surface area contributed by atoms with E-state index in [0.29, 0.717) is 0 Å². The van der Waals surface area contributed by atoms with Gasteiger partial charge in [0.15, 0.2) is 0 Å². The summed E-state index contributed by atoms with van der Waals surface area (Å²) in [4.78, 5) is 4.31. The van der Waals surface area contributed by atoms with E-state index in [0.717, 1.165) is 36.1 Å². The molecule has 0 aliphatic heterocycles. The fraction of sp³-hybridized carbons (Fsp3) is 0.500. The van der Waals surface area contributed by atoms with Crippen molar-refractivity contribution in [2.45, 2.75) is 25.3 Å². The van der Waals surface area contributed by atoms with Gasteiger partial charge in [0.25, 0.3) is 0 Å². The lowest BCUT2D eigenvalue weighted by Gasteiger charge is -2.10. The minimum atomic E-state index is 0.0269. The molecule has 1 aromatic heterocycles. The largest absolute Gasteiger partial charge is 0.330 e. The highest BCUT2D eigenvalue weighted by Crippen LogP contribution is 2.16. The van der Waals surface area contributed by atoms with Gasteiger partial charge in [0, 0.05) is 6.04 Å². The van der Waals surface area contributed by atoms with Gasteiger partial charge in [-0.3, -0.25) is 0 Å². The predicted molar refractivity (Wildman–Crippen MR) is 61.8 cm³/mol. The first kappa shape index (κ1) is 11.6. The molecule has 1 aromatic rings. The van der Waals surface area contributed by atoms with Crippen molar-refractivity contribution in [2.24, 2.45) is 11.5 Å². The number of pyridine rings is 1. The Labute approximate surface area is 93.0 Å². The monoisotopic (exact) mass is 257 g/mol. The zero-order chi connectivity index (χ0) is 10.4. The second-order valence-electron chi connectivity index (χ2n) is 3.28. The maximum Gasteiger partial charge on any atom is 0.106 e. The molecule has 0 unspecified atom stereocenters. The van der Waals surface area contributed by atoms with Crippen LogP contribution in [0.25, 0.3) is 0 Å². The van der Waals surface area contributed by atoms with E-state index in [1.165, 1.54) is 0 Å². The molecule has 0 aliphatic rings. The van der Waals surface area contributed by atoms with Crippen LogP contribution in [0.5, 0.6) is 0 Å². The lowest BCUT2D eigenvalue weighted by molar-refractivity contribution is 0.579. The number of nitrogens with two attached hydrogens (primary N) is 2. The first-order valence-corrected chi connectivity index (χ1v) is 5.61. The zero-order valence-electron chi connectivity index (χ0n) is 8.12. The van der Waals surface area contributed by atoms with Gasteiger partial charge in [0.05, 0.1) is 5.69 Å². The summed E-state index contributed by atoms with van der Waals surface area (Å²) < 4.78 is 0.837. The maximum atomic E-state index is 5.98. The fourth-order valence-electron chi connectivity index (χ4n) is 1.29. The molecule has 0 saturated carbocycles. The van der Waals surface area contributed by atoms with Crippen LogP contribution in [0.3, 0.4) is 0 Å². The molecule has 4 heteroatoms. The molecule has 0 radical (unpaired) electrons. The standard InChI is InChI=1S/C10H16BrN3/c11-10-6-3-5-9(14-10)8(13)4-1-2-7-12/h3,5-6,8H,1-2,4,7,12-13H2/t8-/m0/s1. The third-order valence-electron chi connectivity index (χ3n) is 2.09. The van der Waals surface area contributed by atoms with E-state index in [9.17, 15) is 0 Å². The molecule has 0 saturated heterocycles. The Bertz CT molecular complexity index is 278. The number of hydrogen-bond donors (Lipinski definition) is 2. The molecule has 1 atom stereocenters. The maximum absolute atomic E-state index is 5.98. The summed E-state index contributed by atoms with van der Waals surface area (Å²) in [6, 6.07) is 5.84. The number of rotatable bonds is 5. The first-order chi connectivity index (χ1) is 6.74. The van der Waals surface area contributed by atoms with Crippen LogP contribution in [0.1, 0.15) is 31.0 Å². The number of aromatic nitrogens is 1. The van der Waals surface area contributed by atoms with Crippen molar-refractivity contribution < 1.29 is 0 Å². The van der Waals surface area contributed by atoms with Crippen LogP contribution in [0.4, 0.5) is 0 Å². The van der Waals surface area contributed by atoms with Crippen molar-refractivity contribution in [1.29, 1.82) is 0 Å². The number of unbranched alkanes of at least 4 members (excludes halogenated alkanes) is 1. The van der Waals surface area contributed by atoms with Gasteiger partial charge in [-0.2, -0.15) is 0 Å². The third kappa shape index (κ3) is 3.74. The van der Waals surface area contributed by atoms with Crippen LogP contribution >= 0.6 is 15.9 Å². The highest BCUT2D eigenvalue weighted by atomic mass is 79.9. The molecule has 1 rings (SSSR count). The Morgan fingerprint density at radius 2 is 2.14 bits per heavy atom. The van der Waals surface area contributed by atoms with Gasteiger partial charge < -0.3 is 11.5 Å². The predicted octanol–water partition coefficient (Wildman–Crippen LogP) is 1.97. The highest BCUT2D eigenvalue weighted by molar-refractivity contribution is 9.10. The summed E-state index contributed by atoms with van der Waals surface area (Å²) in [5.74, 6) is 0. The molecule has 3 nitrogen and oxygen atoms in total. The smallest absolute Gasteiger partial charge is 0.106 e. The second-order valence-corrected chi connectivity index (χ2v) is 4.09. The fourth-order valence-corrected chi connectivity index (χ4v) is 1.64. The van der Waals surface area contributed by atoms with Crippen LogP contribution in [0, 0.1) is 0 Å². The SMILES string of the molecule is NCCCC[C@H](N)c1cccc(Br)n1. The van der Waals surface area contributed by atoms with Crippen LogP contribution in [0.2, 0.25) is 0 Å². The minimum Gasteiger partial charge on any atom is -0.330 e. The molecule has 0 fully saturated rings. The number of nitrogens with zero attached hydrogens (tertiary/aromatic N) is 1. The molecule has 4 N–H and O–H groups in total. The molecule has 0 bridgehead atoms. The van der Waals surface area contributed by atoms with E-state index < -0.39 is 0 Å². The Morgan fingerprint density at radius 3 is 2.79 bits per heavy atom. The number of hydrogen-bond acceptors (Lipinski definition) is 3. The van der Waals surface area contributed by atoms with Crippen LogP contribution in [0.15, 0.2) is 22.8 Å². The quantitative estimate of drug-likeness (QED) is 0.627. The Hall–Kier alpha value is -0.450. The molecule has 14 heavy (non-hydrogen) atoms. The van der Waals surface area contributed by atoms with Crippen molar-refractivity contribution in [3.8, 4) is 0 Å². The van der Waals surface area contributed by atoms with Gasteiger partial charge in [0.1, 0.15) is 4.60 Å². The first-order valence-electron chi connectivity index (χ1n) is 4.82. The summed E-state index contributed by atoms with van der Waals surface area (Å²) in [5, 5.41) is 0. The van der Waals surface area contributed by atoms with Crippen molar-refractivity contribution >= 4 is 15.9 Å². The van der Waals surface area contributed by atoms with Gasteiger partial charge in [-0.05, 0) is 47.4 Å². The summed E-state index contributed by atoms with van der Waals surface area (Å²) in [6.45, 7) is 0.735. The Morgan fingerprint density at radius 1 is 1.36 bits per heavy atom. The van der Waals surface area contributed by atoms with Gasteiger partial charge in [0.2, 0.25) is 0 Å². The van der Waals surface area contributed by atoms with Crippen LogP contribution in [-0.2, 0) is 0 Å². The summed E-state index contributed by atoms with van der Waals surface area (Å²) in [6.07, 6.45) is 3.04. The van der Waals surface area contributed by atoms with Crippen LogP contribution in [-0.4, -0.2) is 11.5 Å². The van der Waals surface area contributed by atoms with E-state index in [1.807, 2.05) is 18.2 Å².